The average molecular weight is 286 g/mol. The van der Waals surface area contributed by atoms with Crippen LogP contribution in [0, 0.1) is 23.7 Å². The molecule has 0 saturated heterocycles. The quantitative estimate of drug-likeness (QED) is 0.647. The van der Waals surface area contributed by atoms with E-state index in [2.05, 4.69) is 37.9 Å². The van der Waals surface area contributed by atoms with Crippen molar-refractivity contribution in [2.45, 2.75) is 70.9 Å². The predicted octanol–water partition coefficient (Wildman–Crippen LogP) is 4.26. The number of hydrogen-bond acceptors (Lipinski definition) is 4. The van der Waals surface area contributed by atoms with Crippen molar-refractivity contribution >= 4 is 11.4 Å². The van der Waals surface area contributed by atoms with Crippen molar-refractivity contribution in [1.82, 2.24) is 0 Å². The van der Waals surface area contributed by atoms with Gasteiger partial charge in [0.15, 0.2) is 0 Å². The summed E-state index contributed by atoms with van der Waals surface area (Å²) in [5, 5.41) is 18.2. The molecule has 0 N–H and O–H groups in total. The molecule has 4 saturated carbocycles. The third-order valence-electron chi connectivity index (χ3n) is 5.95. The van der Waals surface area contributed by atoms with Gasteiger partial charge in [-0.25, -0.2) is 0 Å². The van der Waals surface area contributed by atoms with Crippen LogP contribution in [0.2, 0.25) is 0 Å². The van der Waals surface area contributed by atoms with E-state index in [0.717, 1.165) is 17.5 Å². The van der Waals surface area contributed by atoms with Gasteiger partial charge in [0.05, 0.1) is 5.71 Å². The van der Waals surface area contributed by atoms with Gasteiger partial charge >= 0.3 is 0 Å². The summed E-state index contributed by atoms with van der Waals surface area (Å²) in [6.45, 7) is 8.34. The van der Waals surface area contributed by atoms with Gasteiger partial charge in [-0.1, -0.05) is 0 Å². The van der Waals surface area contributed by atoms with Gasteiger partial charge in [0.25, 0.3) is 0 Å². The summed E-state index contributed by atoms with van der Waals surface area (Å²) in [6, 6.07) is 0. The molecular formula is C17H26N4. The second-order valence-corrected chi connectivity index (χ2v) is 8.60. The van der Waals surface area contributed by atoms with Gasteiger partial charge in [-0.05, 0) is 83.5 Å². The number of hydrogen-bond donors (Lipinski definition) is 0. The minimum atomic E-state index is -0.306. The Kier molecular flexibility index (Phi) is 2.74. The van der Waals surface area contributed by atoms with Crippen LogP contribution in [0.5, 0.6) is 0 Å². The Labute approximate surface area is 127 Å². The van der Waals surface area contributed by atoms with Gasteiger partial charge in [0, 0.05) is 5.71 Å². The van der Waals surface area contributed by atoms with E-state index in [-0.39, 0.29) is 11.1 Å². The monoisotopic (exact) mass is 286 g/mol. The van der Waals surface area contributed by atoms with Crippen LogP contribution in [0.3, 0.4) is 0 Å². The lowest BCUT2D eigenvalue weighted by molar-refractivity contribution is 0.108. The fraction of sp³-hybridized carbons (Fsp3) is 0.882. The summed E-state index contributed by atoms with van der Waals surface area (Å²) < 4.78 is 0. The first-order valence-corrected chi connectivity index (χ1v) is 8.45. The summed E-state index contributed by atoms with van der Waals surface area (Å²) >= 11 is 0. The summed E-state index contributed by atoms with van der Waals surface area (Å²) in [4.78, 5) is 0. The van der Waals surface area contributed by atoms with E-state index in [1.165, 1.54) is 37.8 Å². The molecule has 4 aliphatic carbocycles. The van der Waals surface area contributed by atoms with Crippen molar-refractivity contribution < 1.29 is 0 Å². The number of azo groups is 1. The molecule has 0 aromatic heterocycles. The second-order valence-electron chi connectivity index (χ2n) is 8.60. The smallest absolute Gasteiger partial charge is 0.118 e. The van der Waals surface area contributed by atoms with E-state index in [1.807, 2.05) is 0 Å². The zero-order chi connectivity index (χ0) is 14.8. The molecule has 21 heavy (non-hydrogen) atoms. The molecule has 114 valence electrons. The zero-order valence-electron chi connectivity index (χ0n) is 13.6. The lowest BCUT2D eigenvalue weighted by Gasteiger charge is -2.50. The summed E-state index contributed by atoms with van der Waals surface area (Å²) in [5.41, 5.74) is 1.79. The van der Waals surface area contributed by atoms with Crippen LogP contribution in [0.1, 0.15) is 59.8 Å². The van der Waals surface area contributed by atoms with Gasteiger partial charge < -0.3 is 0 Å². The van der Waals surface area contributed by atoms with Gasteiger partial charge in [-0.15, -0.1) is 0 Å². The lowest BCUT2D eigenvalue weighted by atomic mass is 9.55. The maximum absolute atomic E-state index is 4.78. The van der Waals surface area contributed by atoms with E-state index >= 15 is 0 Å². The van der Waals surface area contributed by atoms with Crippen molar-refractivity contribution in [3.63, 3.8) is 0 Å². The Morgan fingerprint density at radius 1 is 0.762 bits per heavy atom. The van der Waals surface area contributed by atoms with Crippen molar-refractivity contribution in [2.24, 2.45) is 44.1 Å². The predicted molar refractivity (Wildman–Crippen MR) is 84.9 cm³/mol. The Morgan fingerprint density at radius 3 is 1.71 bits per heavy atom. The average Bonchev–Trinajstić information content (AvgIpc) is 2.59. The fourth-order valence-electron chi connectivity index (χ4n) is 5.28. The molecule has 5 aliphatic rings. The van der Waals surface area contributed by atoms with Gasteiger partial charge in [0.2, 0.25) is 0 Å². The molecule has 0 spiro atoms. The molecule has 0 aromatic rings. The van der Waals surface area contributed by atoms with E-state index in [0.29, 0.717) is 11.8 Å². The first-order valence-electron chi connectivity index (χ1n) is 8.45. The van der Waals surface area contributed by atoms with Gasteiger partial charge in [-0.3, -0.25) is 0 Å². The summed E-state index contributed by atoms with van der Waals surface area (Å²) in [5.74, 6) is 3.38. The first kappa shape index (κ1) is 13.6. The molecule has 0 aromatic carbocycles. The molecular weight excluding hydrogens is 260 g/mol. The molecule has 0 atom stereocenters. The molecule has 4 bridgehead atoms. The Bertz CT molecular complexity index is 503. The van der Waals surface area contributed by atoms with Crippen molar-refractivity contribution in [3.05, 3.63) is 0 Å². The van der Waals surface area contributed by atoms with E-state index in [9.17, 15) is 0 Å². The normalized spacial score (nSPS) is 41.7. The van der Waals surface area contributed by atoms with Crippen molar-refractivity contribution in [1.29, 1.82) is 0 Å². The van der Waals surface area contributed by atoms with Gasteiger partial charge in [-0.2, -0.15) is 20.4 Å². The molecule has 4 heteroatoms. The third-order valence-corrected chi connectivity index (χ3v) is 5.95. The van der Waals surface area contributed by atoms with E-state index < -0.39 is 0 Å². The van der Waals surface area contributed by atoms with Gasteiger partial charge in [0.1, 0.15) is 11.1 Å². The number of rotatable bonds is 1. The summed E-state index contributed by atoms with van der Waals surface area (Å²) in [6.07, 6.45) is 6.92. The van der Waals surface area contributed by atoms with Crippen LogP contribution in [-0.4, -0.2) is 22.5 Å². The molecule has 4 fully saturated rings. The maximum atomic E-state index is 4.78. The van der Waals surface area contributed by atoms with Crippen LogP contribution >= 0.6 is 0 Å². The lowest BCUT2D eigenvalue weighted by Crippen LogP contribution is -2.45. The standard InChI is InChI=1S/C17H26N4/c1-16(2)15(17(3,4)21-20-16)19-18-14-12-6-10-5-11(8-12)9-13(14)7-10/h10-13H,5-9H2,1-4H3. The second kappa shape index (κ2) is 4.23. The van der Waals surface area contributed by atoms with Crippen LogP contribution in [0.4, 0.5) is 0 Å². The van der Waals surface area contributed by atoms with E-state index in [4.69, 9.17) is 10.2 Å². The van der Waals surface area contributed by atoms with Crippen molar-refractivity contribution in [2.75, 3.05) is 0 Å². The molecule has 0 amide bonds. The molecule has 5 rings (SSSR count). The van der Waals surface area contributed by atoms with E-state index in [1.54, 1.807) is 0 Å². The number of nitrogens with zero attached hydrogens (tertiary/aromatic N) is 4. The largest absolute Gasteiger partial charge is 0.181 e. The van der Waals surface area contributed by atoms with Crippen LogP contribution in [0.15, 0.2) is 20.4 Å². The Morgan fingerprint density at radius 2 is 1.24 bits per heavy atom. The minimum absolute atomic E-state index is 0.306. The van der Waals surface area contributed by atoms with Crippen LogP contribution in [0.25, 0.3) is 0 Å². The molecule has 1 aliphatic heterocycles. The summed E-state index contributed by atoms with van der Waals surface area (Å²) in [7, 11) is 0. The Hall–Kier alpha value is -1.06. The van der Waals surface area contributed by atoms with Crippen LogP contribution in [-0.2, 0) is 0 Å². The maximum Gasteiger partial charge on any atom is 0.118 e. The Balaban J connectivity index is 1.65. The molecule has 0 radical (unpaired) electrons. The zero-order valence-corrected chi connectivity index (χ0v) is 13.6. The fourth-order valence-corrected chi connectivity index (χ4v) is 5.28. The highest BCUT2D eigenvalue weighted by molar-refractivity contribution is 6.02. The third kappa shape index (κ3) is 2.09. The van der Waals surface area contributed by atoms with Crippen LogP contribution < -0.4 is 0 Å². The topological polar surface area (TPSA) is 49.4 Å². The highest BCUT2D eigenvalue weighted by Gasteiger charge is 2.47. The highest BCUT2D eigenvalue weighted by atomic mass is 15.3. The van der Waals surface area contributed by atoms with Crippen molar-refractivity contribution in [3.8, 4) is 0 Å². The molecule has 1 heterocycles. The SMILES string of the molecule is CC1(C)N=NC(C)(C)C1=NN=C1C2CC3CC(C2)CC1C3. The highest BCUT2D eigenvalue weighted by Crippen LogP contribution is 2.52. The minimum Gasteiger partial charge on any atom is -0.181 e. The molecule has 0 unspecified atom stereocenters. The first-order chi connectivity index (χ1) is 9.85. The molecule has 4 nitrogen and oxygen atoms in total.